The minimum absolute atomic E-state index is 0.188. The standard InChI is InChI=1S/C20H15ClN2O3/c21-15-4-1-3-14(11-15)19(24)22-16-7-6-13-8-9-23(17(13)12-16)20(25)18-5-2-10-26-18/h1-7,10-12H,8-9H2,(H,22,24). The van der Waals surface area contributed by atoms with Gasteiger partial charge in [0.15, 0.2) is 5.76 Å². The molecular weight excluding hydrogens is 352 g/mol. The Balaban J connectivity index is 1.58. The summed E-state index contributed by atoms with van der Waals surface area (Å²) in [6.07, 6.45) is 2.25. The van der Waals surface area contributed by atoms with Gasteiger partial charge in [0.2, 0.25) is 0 Å². The second-order valence-electron chi connectivity index (χ2n) is 5.99. The summed E-state index contributed by atoms with van der Waals surface area (Å²) in [5, 5.41) is 3.35. The van der Waals surface area contributed by atoms with Gasteiger partial charge in [0.25, 0.3) is 11.8 Å². The molecule has 3 aromatic rings. The van der Waals surface area contributed by atoms with Crippen molar-refractivity contribution in [2.24, 2.45) is 0 Å². The molecule has 0 bridgehead atoms. The predicted molar refractivity (Wildman–Crippen MR) is 99.9 cm³/mol. The molecule has 1 aromatic heterocycles. The molecule has 2 heterocycles. The van der Waals surface area contributed by atoms with Crippen LogP contribution >= 0.6 is 11.6 Å². The van der Waals surface area contributed by atoms with Crippen molar-refractivity contribution in [1.82, 2.24) is 0 Å². The van der Waals surface area contributed by atoms with Gasteiger partial charge in [-0.25, -0.2) is 0 Å². The smallest absolute Gasteiger partial charge is 0.293 e. The van der Waals surface area contributed by atoms with Crippen molar-refractivity contribution in [3.8, 4) is 0 Å². The third-order valence-corrected chi connectivity index (χ3v) is 4.54. The molecule has 0 radical (unpaired) electrons. The first kappa shape index (κ1) is 16.4. The molecule has 0 saturated carbocycles. The highest BCUT2D eigenvalue weighted by Gasteiger charge is 2.27. The van der Waals surface area contributed by atoms with Crippen LogP contribution in [0.15, 0.2) is 65.3 Å². The van der Waals surface area contributed by atoms with Crippen LogP contribution in [0.2, 0.25) is 5.02 Å². The number of fused-ring (bicyclic) bond motifs is 1. The molecule has 5 nitrogen and oxygen atoms in total. The summed E-state index contributed by atoms with van der Waals surface area (Å²) in [6, 6.07) is 15.6. The Morgan fingerprint density at radius 1 is 1.08 bits per heavy atom. The number of hydrogen-bond donors (Lipinski definition) is 1. The van der Waals surface area contributed by atoms with Crippen LogP contribution in [-0.4, -0.2) is 18.4 Å². The first-order valence-corrected chi connectivity index (χ1v) is 8.55. The number of nitrogens with zero attached hydrogens (tertiary/aromatic N) is 1. The van der Waals surface area contributed by atoms with E-state index in [-0.39, 0.29) is 11.8 Å². The van der Waals surface area contributed by atoms with Gasteiger partial charge in [-0.1, -0.05) is 23.7 Å². The maximum atomic E-state index is 12.6. The van der Waals surface area contributed by atoms with Crippen LogP contribution in [0.5, 0.6) is 0 Å². The molecule has 1 aliphatic rings. The average Bonchev–Trinajstić information content (AvgIpc) is 3.31. The van der Waals surface area contributed by atoms with Gasteiger partial charge < -0.3 is 14.6 Å². The van der Waals surface area contributed by atoms with Gasteiger partial charge >= 0.3 is 0 Å². The normalized spacial score (nSPS) is 12.7. The molecule has 0 atom stereocenters. The minimum Gasteiger partial charge on any atom is -0.459 e. The van der Waals surface area contributed by atoms with Crippen LogP contribution in [-0.2, 0) is 6.42 Å². The second kappa shape index (κ2) is 6.69. The van der Waals surface area contributed by atoms with Gasteiger partial charge in [0, 0.05) is 28.5 Å². The van der Waals surface area contributed by atoms with E-state index in [1.165, 1.54) is 6.26 Å². The van der Waals surface area contributed by atoms with Gasteiger partial charge in [0.1, 0.15) is 0 Å². The number of rotatable bonds is 3. The van der Waals surface area contributed by atoms with Crippen molar-refractivity contribution >= 4 is 34.8 Å². The van der Waals surface area contributed by atoms with Crippen LogP contribution in [0, 0.1) is 0 Å². The molecule has 0 unspecified atom stereocenters. The summed E-state index contributed by atoms with van der Waals surface area (Å²) in [6.45, 7) is 0.584. The second-order valence-corrected chi connectivity index (χ2v) is 6.43. The minimum atomic E-state index is -0.255. The molecule has 26 heavy (non-hydrogen) atoms. The van der Waals surface area contributed by atoms with E-state index in [9.17, 15) is 9.59 Å². The lowest BCUT2D eigenvalue weighted by Crippen LogP contribution is -2.28. The van der Waals surface area contributed by atoms with E-state index in [1.54, 1.807) is 41.3 Å². The van der Waals surface area contributed by atoms with Gasteiger partial charge in [-0.3, -0.25) is 9.59 Å². The van der Waals surface area contributed by atoms with Crippen LogP contribution in [0.1, 0.15) is 26.5 Å². The van der Waals surface area contributed by atoms with Crippen LogP contribution in [0.3, 0.4) is 0 Å². The summed E-state index contributed by atoms with van der Waals surface area (Å²) in [4.78, 5) is 26.7. The Hall–Kier alpha value is -3.05. The molecule has 1 aliphatic heterocycles. The third-order valence-electron chi connectivity index (χ3n) is 4.30. The van der Waals surface area contributed by atoms with E-state index in [1.807, 2.05) is 18.2 Å². The van der Waals surface area contributed by atoms with Crippen molar-refractivity contribution in [1.29, 1.82) is 0 Å². The monoisotopic (exact) mass is 366 g/mol. The summed E-state index contributed by atoms with van der Waals surface area (Å²) in [5.74, 6) is -0.146. The molecule has 0 saturated heterocycles. The SMILES string of the molecule is O=C(Nc1ccc2c(c1)N(C(=O)c1ccco1)CC2)c1cccc(Cl)c1. The third kappa shape index (κ3) is 3.09. The largest absolute Gasteiger partial charge is 0.459 e. The summed E-state index contributed by atoms with van der Waals surface area (Å²) in [7, 11) is 0. The maximum Gasteiger partial charge on any atom is 0.293 e. The van der Waals surface area contributed by atoms with Gasteiger partial charge in [0.05, 0.1) is 6.26 Å². The highest BCUT2D eigenvalue weighted by molar-refractivity contribution is 6.31. The van der Waals surface area contributed by atoms with Gasteiger partial charge in [-0.05, 0) is 54.4 Å². The first-order chi connectivity index (χ1) is 12.6. The van der Waals surface area contributed by atoms with Crippen molar-refractivity contribution in [3.05, 3.63) is 82.8 Å². The Bertz CT molecular complexity index is 982. The molecular formula is C20H15ClN2O3. The number of hydrogen-bond acceptors (Lipinski definition) is 3. The number of anilines is 2. The van der Waals surface area contributed by atoms with Crippen molar-refractivity contribution in [2.45, 2.75) is 6.42 Å². The van der Waals surface area contributed by atoms with Crippen LogP contribution in [0.25, 0.3) is 0 Å². The Labute approximate surface area is 155 Å². The van der Waals surface area contributed by atoms with E-state index in [2.05, 4.69) is 5.32 Å². The fourth-order valence-corrected chi connectivity index (χ4v) is 3.22. The van der Waals surface area contributed by atoms with E-state index in [0.29, 0.717) is 28.6 Å². The molecule has 0 spiro atoms. The zero-order valence-corrected chi connectivity index (χ0v) is 14.5. The number of benzene rings is 2. The molecule has 0 fully saturated rings. The number of carbonyl (C=O) groups is 2. The lowest BCUT2D eigenvalue weighted by atomic mass is 10.1. The van der Waals surface area contributed by atoms with E-state index >= 15 is 0 Å². The topological polar surface area (TPSA) is 62.6 Å². The Kier molecular flexibility index (Phi) is 4.22. The van der Waals surface area contributed by atoms with Crippen molar-refractivity contribution < 1.29 is 14.0 Å². The number of carbonyl (C=O) groups excluding carboxylic acids is 2. The summed E-state index contributed by atoms with van der Waals surface area (Å²) >= 11 is 5.94. The Morgan fingerprint density at radius 3 is 2.73 bits per heavy atom. The summed E-state index contributed by atoms with van der Waals surface area (Å²) < 4.78 is 5.21. The molecule has 6 heteroatoms. The van der Waals surface area contributed by atoms with Crippen LogP contribution < -0.4 is 10.2 Å². The fourth-order valence-electron chi connectivity index (χ4n) is 3.03. The first-order valence-electron chi connectivity index (χ1n) is 8.17. The molecule has 4 rings (SSSR count). The van der Waals surface area contributed by atoms with E-state index in [0.717, 1.165) is 17.7 Å². The fraction of sp³-hybridized carbons (Fsp3) is 0.100. The highest BCUT2D eigenvalue weighted by Crippen LogP contribution is 2.32. The van der Waals surface area contributed by atoms with Crippen LogP contribution in [0.4, 0.5) is 11.4 Å². The predicted octanol–water partition coefficient (Wildman–Crippen LogP) is 4.39. The molecule has 2 amide bonds. The highest BCUT2D eigenvalue weighted by atomic mass is 35.5. The Morgan fingerprint density at radius 2 is 1.96 bits per heavy atom. The van der Waals surface area contributed by atoms with Crippen molar-refractivity contribution in [3.63, 3.8) is 0 Å². The van der Waals surface area contributed by atoms with E-state index in [4.69, 9.17) is 16.0 Å². The molecule has 130 valence electrons. The van der Waals surface area contributed by atoms with E-state index < -0.39 is 0 Å². The lowest BCUT2D eigenvalue weighted by molar-refractivity contribution is 0.0962. The maximum absolute atomic E-state index is 12.6. The number of amides is 2. The number of nitrogens with one attached hydrogen (secondary N) is 1. The summed E-state index contributed by atoms with van der Waals surface area (Å²) in [5.41, 5.74) is 2.94. The molecule has 2 aromatic carbocycles. The molecule has 0 aliphatic carbocycles. The number of furan rings is 1. The zero-order valence-electron chi connectivity index (χ0n) is 13.7. The van der Waals surface area contributed by atoms with Crippen molar-refractivity contribution in [2.75, 3.05) is 16.8 Å². The zero-order chi connectivity index (χ0) is 18.1. The average molecular weight is 367 g/mol. The number of halogens is 1. The lowest BCUT2D eigenvalue weighted by Gasteiger charge is -2.17. The van der Waals surface area contributed by atoms with Gasteiger partial charge in [-0.2, -0.15) is 0 Å². The quantitative estimate of drug-likeness (QED) is 0.747. The van der Waals surface area contributed by atoms with Gasteiger partial charge in [-0.15, -0.1) is 0 Å². The molecule has 1 N–H and O–H groups in total.